The molecule has 6 nitrogen and oxygen atoms in total. The molecule has 1 aliphatic heterocycles. The molecule has 2 aliphatic carbocycles. The smallest absolute Gasteiger partial charge is 0.333 e. The van der Waals surface area contributed by atoms with E-state index in [1.165, 1.54) is 12.8 Å². The van der Waals surface area contributed by atoms with Crippen LogP contribution in [0.1, 0.15) is 80.1 Å². The van der Waals surface area contributed by atoms with Crippen LogP contribution in [0.25, 0.3) is 0 Å². The van der Waals surface area contributed by atoms with E-state index >= 15 is 0 Å². The van der Waals surface area contributed by atoms with E-state index in [9.17, 15) is 9.67 Å². The lowest BCUT2D eigenvalue weighted by atomic mass is 9.75. The molecule has 8 atom stereocenters. The summed E-state index contributed by atoms with van der Waals surface area (Å²) in [5, 5.41) is 11.0. The molecule has 7 heteroatoms. The fourth-order valence-corrected chi connectivity index (χ4v) is 8.56. The average Bonchev–Trinajstić information content (AvgIpc) is 2.73. The molecule has 2 saturated carbocycles. The second-order valence-corrected chi connectivity index (χ2v) is 14.3. The number of nitrogens with zero attached hydrogens (tertiary/aromatic N) is 1. The normalized spacial score (nSPS) is 36.5. The Kier molecular flexibility index (Phi) is 10.9. The van der Waals surface area contributed by atoms with E-state index in [4.69, 9.17) is 13.8 Å². The van der Waals surface area contributed by atoms with E-state index in [1.54, 1.807) is 0 Å². The zero-order valence-electron chi connectivity index (χ0n) is 22.7. The van der Waals surface area contributed by atoms with Crippen LogP contribution in [0.15, 0.2) is 0 Å². The van der Waals surface area contributed by atoms with Gasteiger partial charge in [0.05, 0.1) is 37.7 Å². The SMILES string of the molecule is CC(C)[C@H]1CC[C@@H](C)C[C@H]1OP(=O)(C[C@H](O)CN1CCOCC1)O[C@@H]1C[C@H](C)CC[C@H]1C(C)C. The third kappa shape index (κ3) is 8.28. The van der Waals surface area contributed by atoms with Crippen molar-refractivity contribution >= 4 is 7.60 Å². The van der Waals surface area contributed by atoms with Crippen molar-refractivity contribution in [1.82, 2.24) is 4.90 Å². The van der Waals surface area contributed by atoms with Gasteiger partial charge in [0, 0.05) is 19.6 Å². The molecule has 1 N–H and O–H groups in total. The van der Waals surface area contributed by atoms with Crippen LogP contribution in [0.4, 0.5) is 0 Å². The molecule has 0 spiro atoms. The van der Waals surface area contributed by atoms with Gasteiger partial charge < -0.3 is 18.9 Å². The van der Waals surface area contributed by atoms with Gasteiger partial charge >= 0.3 is 7.60 Å². The van der Waals surface area contributed by atoms with Crippen molar-refractivity contribution in [3.8, 4) is 0 Å². The summed E-state index contributed by atoms with van der Waals surface area (Å²) in [6.07, 6.45) is 5.66. The van der Waals surface area contributed by atoms with Crippen molar-refractivity contribution in [3.05, 3.63) is 0 Å². The zero-order valence-corrected chi connectivity index (χ0v) is 23.6. The molecular formula is C27H52NO5P. The van der Waals surface area contributed by atoms with Gasteiger partial charge in [-0.05, 0) is 61.2 Å². The van der Waals surface area contributed by atoms with E-state index in [2.05, 4.69) is 46.4 Å². The summed E-state index contributed by atoms with van der Waals surface area (Å²) < 4.78 is 33.1. The van der Waals surface area contributed by atoms with Gasteiger partial charge in [0.2, 0.25) is 0 Å². The summed E-state index contributed by atoms with van der Waals surface area (Å²) in [5.74, 6) is 2.84. The maximum atomic E-state index is 14.5. The molecule has 0 aromatic carbocycles. The standard InChI is InChI=1S/C27H52NO5P/c1-19(2)24-9-7-21(5)15-26(24)32-34(30,18-23(29)17-28-11-13-31-14-12-28)33-27-16-22(6)8-10-25(27)20(3)4/h19-27,29H,7-18H2,1-6H3/t21-,22-,23-,24-,25+,26-,27-,34?/m1/s1. The van der Waals surface area contributed by atoms with Gasteiger partial charge in [0.15, 0.2) is 0 Å². The summed E-state index contributed by atoms with van der Waals surface area (Å²) in [6.45, 7) is 17.0. The first-order valence-electron chi connectivity index (χ1n) is 14.0. The summed E-state index contributed by atoms with van der Waals surface area (Å²) in [5.41, 5.74) is 0. The van der Waals surface area contributed by atoms with Crippen LogP contribution in [0.3, 0.4) is 0 Å². The Balaban J connectivity index is 1.78. The molecule has 3 fully saturated rings. The van der Waals surface area contributed by atoms with Gasteiger partial charge in [-0.25, -0.2) is 0 Å². The fraction of sp³-hybridized carbons (Fsp3) is 1.00. The van der Waals surface area contributed by atoms with E-state index in [0.29, 0.717) is 55.3 Å². The first-order chi connectivity index (χ1) is 16.1. The highest BCUT2D eigenvalue weighted by Gasteiger charge is 2.43. The lowest BCUT2D eigenvalue weighted by Crippen LogP contribution is -2.42. The second-order valence-electron chi connectivity index (χ2n) is 12.3. The van der Waals surface area contributed by atoms with Crippen LogP contribution in [0.2, 0.25) is 0 Å². The number of morpholine rings is 1. The minimum Gasteiger partial charge on any atom is -0.391 e. The third-order valence-corrected chi connectivity index (χ3v) is 10.6. The van der Waals surface area contributed by atoms with Crippen molar-refractivity contribution < 1.29 is 23.5 Å². The third-order valence-electron chi connectivity index (χ3n) is 8.52. The highest BCUT2D eigenvalue weighted by molar-refractivity contribution is 7.53. The number of aliphatic hydroxyl groups excluding tert-OH is 1. The lowest BCUT2D eigenvalue weighted by Gasteiger charge is -2.42. The van der Waals surface area contributed by atoms with Crippen molar-refractivity contribution in [3.63, 3.8) is 0 Å². The summed E-state index contributed by atoms with van der Waals surface area (Å²) in [4.78, 5) is 2.19. The highest BCUT2D eigenvalue weighted by Crippen LogP contribution is 2.56. The van der Waals surface area contributed by atoms with Gasteiger partial charge in [-0.1, -0.05) is 54.4 Å². The van der Waals surface area contributed by atoms with Crippen LogP contribution in [-0.2, 0) is 18.3 Å². The minimum absolute atomic E-state index is 0.0660. The molecule has 0 aromatic rings. The number of aliphatic hydroxyl groups is 1. The average molecular weight is 502 g/mol. The Labute approximate surface area is 209 Å². The van der Waals surface area contributed by atoms with E-state index < -0.39 is 13.7 Å². The zero-order chi connectivity index (χ0) is 24.9. The summed E-state index contributed by atoms with van der Waals surface area (Å²) in [6, 6.07) is 0. The second kappa shape index (κ2) is 13.0. The number of hydrogen-bond acceptors (Lipinski definition) is 6. The first kappa shape index (κ1) is 28.6. The highest BCUT2D eigenvalue weighted by atomic mass is 31.2. The minimum atomic E-state index is -3.50. The van der Waals surface area contributed by atoms with Crippen molar-refractivity contribution in [1.29, 1.82) is 0 Å². The van der Waals surface area contributed by atoms with Crippen LogP contribution in [0.5, 0.6) is 0 Å². The van der Waals surface area contributed by atoms with Crippen LogP contribution < -0.4 is 0 Å². The molecule has 1 saturated heterocycles. The number of hydrogen-bond donors (Lipinski definition) is 1. The number of rotatable bonds is 10. The molecule has 1 unspecified atom stereocenters. The molecule has 0 amide bonds. The number of β-amino-alcohol motifs (C(OH)–C–C–N with tert-alkyl or cyclic N) is 1. The summed E-state index contributed by atoms with van der Waals surface area (Å²) in [7, 11) is -3.50. The lowest BCUT2D eigenvalue weighted by molar-refractivity contribution is -0.00900. The topological polar surface area (TPSA) is 68.2 Å². The maximum Gasteiger partial charge on any atom is 0.333 e. The molecule has 1 heterocycles. The van der Waals surface area contributed by atoms with E-state index in [0.717, 1.165) is 38.8 Å². The van der Waals surface area contributed by atoms with Crippen molar-refractivity contribution in [2.75, 3.05) is 39.0 Å². The van der Waals surface area contributed by atoms with Gasteiger partial charge in [0.25, 0.3) is 0 Å². The predicted octanol–water partition coefficient (Wildman–Crippen LogP) is 5.83. The van der Waals surface area contributed by atoms with Gasteiger partial charge in [-0.15, -0.1) is 0 Å². The fourth-order valence-electron chi connectivity index (χ4n) is 6.39. The molecule has 0 aromatic heterocycles. The molecular weight excluding hydrogens is 449 g/mol. The van der Waals surface area contributed by atoms with E-state index in [1.807, 2.05) is 0 Å². The van der Waals surface area contributed by atoms with Crippen molar-refractivity contribution in [2.24, 2.45) is 35.5 Å². The van der Waals surface area contributed by atoms with Crippen molar-refractivity contribution in [2.45, 2.75) is 98.4 Å². The molecule has 3 rings (SSSR count). The largest absolute Gasteiger partial charge is 0.391 e. The van der Waals surface area contributed by atoms with Gasteiger partial charge in [-0.2, -0.15) is 0 Å². The summed E-state index contributed by atoms with van der Waals surface area (Å²) >= 11 is 0. The Bertz CT molecular complexity index is 615. The molecule has 34 heavy (non-hydrogen) atoms. The molecule has 3 aliphatic rings. The Morgan fingerprint density at radius 3 is 1.79 bits per heavy atom. The van der Waals surface area contributed by atoms with Gasteiger partial charge in [-0.3, -0.25) is 9.46 Å². The van der Waals surface area contributed by atoms with E-state index in [-0.39, 0.29) is 18.4 Å². The monoisotopic (exact) mass is 501 g/mol. The molecule has 0 radical (unpaired) electrons. The molecule has 0 bridgehead atoms. The first-order valence-corrected chi connectivity index (χ1v) is 15.7. The number of ether oxygens (including phenoxy) is 1. The Hall–Kier alpha value is 0.0300. The van der Waals surface area contributed by atoms with Crippen LogP contribution >= 0.6 is 7.60 Å². The maximum absolute atomic E-state index is 14.5. The van der Waals surface area contributed by atoms with Crippen LogP contribution in [-0.4, -0.2) is 67.3 Å². The Morgan fingerprint density at radius 2 is 1.35 bits per heavy atom. The van der Waals surface area contributed by atoms with Crippen LogP contribution in [0, 0.1) is 35.5 Å². The predicted molar refractivity (Wildman–Crippen MR) is 138 cm³/mol. The quantitative estimate of drug-likeness (QED) is 0.380. The Morgan fingerprint density at radius 1 is 0.882 bits per heavy atom. The molecule has 200 valence electrons. The van der Waals surface area contributed by atoms with Gasteiger partial charge in [0.1, 0.15) is 0 Å².